The van der Waals surface area contributed by atoms with Gasteiger partial charge in [-0.05, 0) is 11.5 Å². The Morgan fingerprint density at radius 2 is 1.88 bits per heavy atom. The lowest BCUT2D eigenvalue weighted by Crippen LogP contribution is -2.12. The van der Waals surface area contributed by atoms with E-state index in [9.17, 15) is 9.59 Å². The molecule has 1 N–H and O–H groups in total. The zero-order valence-corrected chi connectivity index (χ0v) is 9.76. The Morgan fingerprint density at radius 3 is 2.47 bits per heavy atom. The summed E-state index contributed by atoms with van der Waals surface area (Å²) in [6.45, 7) is 1.96. The zero-order valence-electron chi connectivity index (χ0n) is 9.76. The second-order valence-electron chi connectivity index (χ2n) is 4.05. The topological polar surface area (TPSA) is 63.6 Å². The molecule has 0 aromatic heterocycles. The lowest BCUT2D eigenvalue weighted by Gasteiger charge is -2.08. The fourth-order valence-corrected chi connectivity index (χ4v) is 1.45. The number of rotatable bonds is 6. The molecule has 0 aliphatic rings. The van der Waals surface area contributed by atoms with Gasteiger partial charge in [-0.1, -0.05) is 37.3 Å². The number of benzene rings is 1. The fourth-order valence-electron chi connectivity index (χ4n) is 1.45. The molecule has 0 heterocycles. The Labute approximate surface area is 100 Å². The van der Waals surface area contributed by atoms with Gasteiger partial charge in [-0.25, -0.2) is 0 Å². The minimum Gasteiger partial charge on any atom is -0.481 e. The van der Waals surface area contributed by atoms with Crippen molar-refractivity contribution in [2.75, 3.05) is 0 Å². The van der Waals surface area contributed by atoms with Crippen molar-refractivity contribution in [3.05, 3.63) is 35.9 Å². The van der Waals surface area contributed by atoms with Crippen LogP contribution in [0.4, 0.5) is 0 Å². The van der Waals surface area contributed by atoms with Crippen LogP contribution in [0.2, 0.25) is 0 Å². The summed E-state index contributed by atoms with van der Waals surface area (Å²) < 4.78 is 5.05. The Kier molecular flexibility index (Phi) is 5.20. The van der Waals surface area contributed by atoms with E-state index in [-0.39, 0.29) is 31.3 Å². The predicted octanol–water partition coefficient (Wildman–Crippen LogP) is 2.23. The Morgan fingerprint density at radius 1 is 1.24 bits per heavy atom. The summed E-state index contributed by atoms with van der Waals surface area (Å²) in [4.78, 5) is 21.8. The predicted molar refractivity (Wildman–Crippen MR) is 62.3 cm³/mol. The van der Waals surface area contributed by atoms with Crippen LogP contribution >= 0.6 is 0 Å². The van der Waals surface area contributed by atoms with Gasteiger partial charge in [-0.2, -0.15) is 0 Å². The molecule has 4 heteroatoms. The normalized spacial score (nSPS) is 11.8. The molecule has 17 heavy (non-hydrogen) atoms. The van der Waals surface area contributed by atoms with E-state index in [2.05, 4.69) is 0 Å². The maximum atomic E-state index is 11.4. The molecule has 0 unspecified atom stereocenters. The summed E-state index contributed by atoms with van der Waals surface area (Å²) in [5, 5.41) is 8.55. The van der Waals surface area contributed by atoms with E-state index in [1.165, 1.54) is 0 Å². The van der Waals surface area contributed by atoms with E-state index in [0.29, 0.717) is 0 Å². The van der Waals surface area contributed by atoms with Crippen molar-refractivity contribution in [2.45, 2.75) is 26.4 Å². The third-order valence-corrected chi connectivity index (χ3v) is 2.28. The number of carboxylic acids is 1. The van der Waals surface area contributed by atoms with E-state index >= 15 is 0 Å². The van der Waals surface area contributed by atoms with Gasteiger partial charge in [0.25, 0.3) is 0 Å². The van der Waals surface area contributed by atoms with Gasteiger partial charge in [0.15, 0.2) is 0 Å². The first-order chi connectivity index (χ1) is 8.08. The summed E-state index contributed by atoms with van der Waals surface area (Å²) in [7, 11) is 0. The maximum absolute atomic E-state index is 11.4. The van der Waals surface area contributed by atoms with Gasteiger partial charge in [-0.3, -0.25) is 9.59 Å². The van der Waals surface area contributed by atoms with Crippen molar-refractivity contribution in [3.8, 4) is 0 Å². The number of carbonyl (C=O) groups is 2. The summed E-state index contributed by atoms with van der Waals surface area (Å²) in [6, 6.07) is 9.37. The minimum atomic E-state index is -0.895. The van der Waals surface area contributed by atoms with Crippen LogP contribution in [0.15, 0.2) is 30.3 Å². The number of ether oxygens (including phenoxy) is 1. The highest BCUT2D eigenvalue weighted by Gasteiger charge is 2.13. The number of aliphatic carboxylic acids is 1. The van der Waals surface area contributed by atoms with Crippen LogP contribution in [0.1, 0.15) is 25.3 Å². The number of hydrogen-bond acceptors (Lipinski definition) is 3. The van der Waals surface area contributed by atoms with Gasteiger partial charge in [0.2, 0.25) is 0 Å². The molecule has 0 amide bonds. The zero-order chi connectivity index (χ0) is 12.7. The lowest BCUT2D eigenvalue weighted by molar-refractivity contribution is -0.146. The average Bonchev–Trinajstić information content (AvgIpc) is 2.26. The van der Waals surface area contributed by atoms with Crippen LogP contribution < -0.4 is 0 Å². The Balaban J connectivity index is 2.28. The highest BCUT2D eigenvalue weighted by atomic mass is 16.5. The number of carboxylic acid groups (broad SMARTS) is 1. The average molecular weight is 236 g/mol. The number of hydrogen-bond donors (Lipinski definition) is 1. The molecule has 1 atom stereocenters. The van der Waals surface area contributed by atoms with Gasteiger partial charge in [0.05, 0.1) is 0 Å². The van der Waals surface area contributed by atoms with Crippen LogP contribution in [-0.2, 0) is 20.9 Å². The smallest absolute Gasteiger partial charge is 0.306 e. The molecule has 92 valence electrons. The van der Waals surface area contributed by atoms with Gasteiger partial charge in [-0.15, -0.1) is 0 Å². The first-order valence-electron chi connectivity index (χ1n) is 5.49. The summed E-state index contributed by atoms with van der Waals surface area (Å²) in [5.74, 6) is -1.45. The molecule has 0 radical (unpaired) electrons. The molecular weight excluding hydrogens is 220 g/mol. The van der Waals surface area contributed by atoms with Gasteiger partial charge in [0.1, 0.15) is 6.61 Å². The van der Waals surface area contributed by atoms with Crippen LogP contribution in [0.5, 0.6) is 0 Å². The SMILES string of the molecule is C[C@@H](CC(=O)O)CC(=O)OCc1ccccc1. The molecule has 0 fully saturated rings. The summed E-state index contributed by atoms with van der Waals surface area (Å²) >= 11 is 0. The molecule has 0 saturated heterocycles. The molecule has 4 nitrogen and oxygen atoms in total. The van der Waals surface area contributed by atoms with E-state index < -0.39 is 5.97 Å². The Hall–Kier alpha value is -1.84. The van der Waals surface area contributed by atoms with Crippen molar-refractivity contribution in [1.82, 2.24) is 0 Å². The highest BCUT2D eigenvalue weighted by molar-refractivity contribution is 5.72. The van der Waals surface area contributed by atoms with Crippen LogP contribution in [0.25, 0.3) is 0 Å². The van der Waals surface area contributed by atoms with E-state index in [1.54, 1.807) is 6.92 Å². The van der Waals surface area contributed by atoms with E-state index in [1.807, 2.05) is 30.3 Å². The molecule has 0 saturated carbocycles. The summed E-state index contributed by atoms with van der Waals surface area (Å²) in [6.07, 6.45) is 0.125. The van der Waals surface area contributed by atoms with Gasteiger partial charge >= 0.3 is 11.9 Å². The summed E-state index contributed by atoms with van der Waals surface area (Å²) in [5.41, 5.74) is 0.923. The molecule has 1 rings (SSSR count). The van der Waals surface area contributed by atoms with Crippen LogP contribution in [-0.4, -0.2) is 17.0 Å². The minimum absolute atomic E-state index is 0.0135. The molecular formula is C13H16O4. The maximum Gasteiger partial charge on any atom is 0.306 e. The molecule has 1 aromatic carbocycles. The van der Waals surface area contributed by atoms with Crippen molar-refractivity contribution in [1.29, 1.82) is 0 Å². The largest absolute Gasteiger partial charge is 0.481 e. The third kappa shape index (κ3) is 5.70. The van der Waals surface area contributed by atoms with Crippen molar-refractivity contribution >= 4 is 11.9 Å². The standard InChI is InChI=1S/C13H16O4/c1-10(7-12(14)15)8-13(16)17-9-11-5-3-2-4-6-11/h2-6,10H,7-9H2,1H3,(H,14,15)/t10-/m0/s1. The monoisotopic (exact) mass is 236 g/mol. The van der Waals surface area contributed by atoms with Crippen LogP contribution in [0, 0.1) is 5.92 Å². The van der Waals surface area contributed by atoms with Crippen molar-refractivity contribution < 1.29 is 19.4 Å². The number of carbonyl (C=O) groups excluding carboxylic acids is 1. The van der Waals surface area contributed by atoms with E-state index in [0.717, 1.165) is 5.56 Å². The van der Waals surface area contributed by atoms with Gasteiger partial charge < -0.3 is 9.84 Å². The van der Waals surface area contributed by atoms with E-state index in [4.69, 9.17) is 9.84 Å². The molecule has 0 aliphatic heterocycles. The molecule has 0 bridgehead atoms. The second kappa shape index (κ2) is 6.68. The van der Waals surface area contributed by atoms with Crippen LogP contribution in [0.3, 0.4) is 0 Å². The van der Waals surface area contributed by atoms with Crippen molar-refractivity contribution in [3.63, 3.8) is 0 Å². The molecule has 1 aromatic rings. The third-order valence-electron chi connectivity index (χ3n) is 2.28. The quantitative estimate of drug-likeness (QED) is 0.769. The number of esters is 1. The first-order valence-corrected chi connectivity index (χ1v) is 5.49. The van der Waals surface area contributed by atoms with Crippen molar-refractivity contribution in [2.24, 2.45) is 5.92 Å². The second-order valence-corrected chi connectivity index (χ2v) is 4.05. The fraction of sp³-hybridized carbons (Fsp3) is 0.385. The lowest BCUT2D eigenvalue weighted by atomic mass is 10.0. The Bertz CT molecular complexity index is 372. The molecule has 0 aliphatic carbocycles. The first kappa shape index (κ1) is 13.2. The van der Waals surface area contributed by atoms with Gasteiger partial charge in [0, 0.05) is 12.8 Å². The molecule has 0 spiro atoms. The highest BCUT2D eigenvalue weighted by Crippen LogP contribution is 2.09.